The van der Waals surface area contributed by atoms with Crippen LogP contribution in [0.4, 0.5) is 10.1 Å². The quantitative estimate of drug-likeness (QED) is 0.868. The van der Waals surface area contributed by atoms with Crippen LogP contribution < -0.4 is 5.32 Å². The van der Waals surface area contributed by atoms with Gasteiger partial charge in [-0.15, -0.1) is 0 Å². The molecule has 1 fully saturated rings. The lowest BCUT2D eigenvalue weighted by Gasteiger charge is -2.34. The molecule has 0 spiro atoms. The summed E-state index contributed by atoms with van der Waals surface area (Å²) < 4.78 is 45.8. The maximum atomic E-state index is 13.2. The van der Waals surface area contributed by atoms with Crippen molar-refractivity contribution in [3.63, 3.8) is 0 Å². The number of amides is 1. The van der Waals surface area contributed by atoms with Gasteiger partial charge in [-0.2, -0.15) is 4.31 Å². The van der Waals surface area contributed by atoms with E-state index in [4.69, 9.17) is 4.74 Å². The summed E-state index contributed by atoms with van der Waals surface area (Å²) in [6.07, 6.45) is -0.346. The third kappa shape index (κ3) is 4.52. The fourth-order valence-corrected chi connectivity index (χ4v) is 4.61. The monoisotopic (exact) mass is 392 g/mol. The molecule has 1 aliphatic heterocycles. The molecule has 2 atom stereocenters. The minimum Gasteiger partial charge on any atom is -0.373 e. The Labute approximate surface area is 158 Å². The van der Waals surface area contributed by atoms with Crippen LogP contribution in [0.1, 0.15) is 24.2 Å². The van der Waals surface area contributed by atoms with Crippen LogP contribution in [-0.4, -0.2) is 43.9 Å². The molecule has 3 rings (SSSR count). The second kappa shape index (κ2) is 7.75. The number of hydrogen-bond acceptors (Lipinski definition) is 4. The number of benzene rings is 2. The molecule has 0 radical (unpaired) electrons. The summed E-state index contributed by atoms with van der Waals surface area (Å²) in [5, 5.41) is 2.62. The number of nitrogens with zero attached hydrogens (tertiary/aromatic N) is 1. The second-order valence-corrected chi connectivity index (χ2v) is 8.51. The van der Waals surface area contributed by atoms with Crippen LogP contribution in [0.3, 0.4) is 0 Å². The average Bonchev–Trinajstić information content (AvgIpc) is 2.61. The van der Waals surface area contributed by atoms with Gasteiger partial charge in [0, 0.05) is 24.3 Å². The van der Waals surface area contributed by atoms with E-state index in [0.717, 1.165) is 6.07 Å². The van der Waals surface area contributed by atoms with E-state index in [1.165, 1.54) is 46.8 Å². The Balaban J connectivity index is 1.74. The summed E-state index contributed by atoms with van der Waals surface area (Å²) in [6, 6.07) is 11.2. The molecule has 0 aromatic heterocycles. The molecule has 144 valence electrons. The molecule has 6 nitrogen and oxygen atoms in total. The van der Waals surface area contributed by atoms with E-state index in [2.05, 4.69) is 5.32 Å². The first-order chi connectivity index (χ1) is 12.8. The van der Waals surface area contributed by atoms with Gasteiger partial charge in [0.2, 0.25) is 10.0 Å². The van der Waals surface area contributed by atoms with Crippen LogP contribution in [0.2, 0.25) is 0 Å². The summed E-state index contributed by atoms with van der Waals surface area (Å²) in [4.78, 5) is 12.3. The van der Waals surface area contributed by atoms with Gasteiger partial charge in [-0.3, -0.25) is 4.79 Å². The van der Waals surface area contributed by atoms with Gasteiger partial charge in [-0.05, 0) is 56.3 Å². The van der Waals surface area contributed by atoms with Gasteiger partial charge in [0.15, 0.2) is 0 Å². The molecule has 1 amide bonds. The zero-order chi connectivity index (χ0) is 19.6. The number of morpholine rings is 1. The average molecular weight is 392 g/mol. The van der Waals surface area contributed by atoms with Crippen LogP contribution in [0.25, 0.3) is 0 Å². The molecule has 8 heteroatoms. The number of rotatable bonds is 4. The first-order valence-electron chi connectivity index (χ1n) is 8.58. The number of anilines is 1. The summed E-state index contributed by atoms with van der Waals surface area (Å²) in [7, 11) is -3.64. The van der Waals surface area contributed by atoms with E-state index in [1.807, 2.05) is 13.8 Å². The zero-order valence-corrected chi connectivity index (χ0v) is 15.9. The van der Waals surface area contributed by atoms with Gasteiger partial charge in [-0.25, -0.2) is 12.8 Å². The van der Waals surface area contributed by atoms with Crippen molar-refractivity contribution in [2.24, 2.45) is 0 Å². The van der Waals surface area contributed by atoms with Crippen LogP contribution in [-0.2, 0) is 14.8 Å². The summed E-state index contributed by atoms with van der Waals surface area (Å²) >= 11 is 0. The predicted octanol–water partition coefficient (Wildman–Crippen LogP) is 2.88. The highest BCUT2D eigenvalue weighted by Gasteiger charge is 2.32. The fourth-order valence-electron chi connectivity index (χ4n) is 3.02. The van der Waals surface area contributed by atoms with Crippen molar-refractivity contribution in [3.05, 3.63) is 59.9 Å². The molecule has 1 aliphatic rings. The molecule has 1 N–H and O–H groups in total. The third-order valence-electron chi connectivity index (χ3n) is 4.22. The third-order valence-corrected chi connectivity index (χ3v) is 6.07. The van der Waals surface area contributed by atoms with E-state index in [9.17, 15) is 17.6 Å². The van der Waals surface area contributed by atoms with Crippen molar-refractivity contribution in [1.29, 1.82) is 0 Å². The zero-order valence-electron chi connectivity index (χ0n) is 15.1. The Morgan fingerprint density at radius 3 is 2.33 bits per heavy atom. The maximum Gasteiger partial charge on any atom is 0.255 e. The molecule has 27 heavy (non-hydrogen) atoms. The number of sulfonamides is 1. The van der Waals surface area contributed by atoms with E-state index >= 15 is 0 Å². The van der Waals surface area contributed by atoms with Crippen LogP contribution >= 0.6 is 0 Å². The Kier molecular flexibility index (Phi) is 5.59. The van der Waals surface area contributed by atoms with Crippen molar-refractivity contribution in [3.8, 4) is 0 Å². The van der Waals surface area contributed by atoms with Crippen molar-refractivity contribution in [2.75, 3.05) is 18.4 Å². The standard InChI is InChI=1S/C19H21FN2O4S/c1-13-11-22(12-14(2)26-13)27(24,25)18-8-6-17(7-9-18)21-19(23)15-4-3-5-16(20)10-15/h3-10,13-14H,11-12H2,1-2H3,(H,21,23). The van der Waals surface area contributed by atoms with Gasteiger partial charge in [-0.1, -0.05) is 6.07 Å². The molecule has 2 aromatic carbocycles. The van der Waals surface area contributed by atoms with E-state index in [1.54, 1.807) is 0 Å². The molecule has 0 aliphatic carbocycles. The normalized spacial score (nSPS) is 21.0. The summed E-state index contributed by atoms with van der Waals surface area (Å²) in [5.41, 5.74) is 0.606. The number of carbonyl (C=O) groups excluding carboxylic acids is 1. The largest absolute Gasteiger partial charge is 0.373 e. The highest BCUT2D eigenvalue weighted by molar-refractivity contribution is 7.89. The molecule has 2 unspecified atom stereocenters. The number of carbonyl (C=O) groups is 1. The summed E-state index contributed by atoms with van der Waals surface area (Å²) in [5.74, 6) is -0.973. The van der Waals surface area contributed by atoms with Crippen LogP contribution in [0.5, 0.6) is 0 Å². The van der Waals surface area contributed by atoms with Crippen LogP contribution in [0, 0.1) is 5.82 Å². The predicted molar refractivity (Wildman–Crippen MR) is 99.6 cm³/mol. The van der Waals surface area contributed by atoms with E-state index in [-0.39, 0.29) is 22.7 Å². The van der Waals surface area contributed by atoms with Crippen molar-refractivity contribution in [1.82, 2.24) is 4.31 Å². The number of hydrogen-bond donors (Lipinski definition) is 1. The lowest BCUT2D eigenvalue weighted by molar-refractivity contribution is -0.0440. The first-order valence-corrected chi connectivity index (χ1v) is 10.0. The maximum absolute atomic E-state index is 13.2. The minimum atomic E-state index is -3.64. The van der Waals surface area contributed by atoms with Crippen LogP contribution in [0.15, 0.2) is 53.4 Å². The highest BCUT2D eigenvalue weighted by atomic mass is 32.2. The Bertz CT molecular complexity index is 921. The van der Waals surface area contributed by atoms with Crippen molar-refractivity contribution >= 4 is 21.6 Å². The van der Waals surface area contributed by atoms with E-state index < -0.39 is 21.7 Å². The smallest absolute Gasteiger partial charge is 0.255 e. The Morgan fingerprint density at radius 2 is 1.74 bits per heavy atom. The second-order valence-electron chi connectivity index (χ2n) is 6.57. The van der Waals surface area contributed by atoms with Gasteiger partial charge >= 0.3 is 0 Å². The number of ether oxygens (including phenoxy) is 1. The van der Waals surface area contributed by atoms with Gasteiger partial charge < -0.3 is 10.1 Å². The van der Waals surface area contributed by atoms with E-state index in [0.29, 0.717) is 18.8 Å². The number of halogens is 1. The highest BCUT2D eigenvalue weighted by Crippen LogP contribution is 2.22. The van der Waals surface area contributed by atoms with Gasteiger partial charge in [0.1, 0.15) is 5.82 Å². The minimum absolute atomic E-state index is 0.146. The Hall–Kier alpha value is -2.29. The lowest BCUT2D eigenvalue weighted by atomic mass is 10.2. The fraction of sp³-hybridized carbons (Fsp3) is 0.316. The first kappa shape index (κ1) is 19.5. The van der Waals surface area contributed by atoms with Gasteiger partial charge in [0.25, 0.3) is 5.91 Å². The SMILES string of the molecule is CC1CN(S(=O)(=O)c2ccc(NC(=O)c3cccc(F)c3)cc2)CC(C)O1. The molecule has 1 saturated heterocycles. The lowest BCUT2D eigenvalue weighted by Crippen LogP contribution is -2.48. The number of nitrogens with one attached hydrogen (secondary N) is 1. The Morgan fingerprint density at radius 1 is 1.11 bits per heavy atom. The molecule has 2 aromatic rings. The molecular formula is C19H21FN2O4S. The molecule has 0 saturated carbocycles. The van der Waals surface area contributed by atoms with Crippen molar-refractivity contribution < 1.29 is 22.3 Å². The molecular weight excluding hydrogens is 371 g/mol. The van der Waals surface area contributed by atoms with Crippen molar-refractivity contribution in [2.45, 2.75) is 31.0 Å². The topological polar surface area (TPSA) is 75.7 Å². The molecule has 0 bridgehead atoms. The summed E-state index contributed by atoms with van der Waals surface area (Å²) in [6.45, 7) is 4.27. The molecule has 1 heterocycles. The van der Waals surface area contributed by atoms with Gasteiger partial charge in [0.05, 0.1) is 17.1 Å².